The van der Waals surface area contributed by atoms with Crippen molar-refractivity contribution in [1.29, 1.82) is 0 Å². The van der Waals surface area contributed by atoms with E-state index in [0.29, 0.717) is 0 Å². The highest BCUT2D eigenvalue weighted by Crippen LogP contribution is 1.89. The van der Waals surface area contributed by atoms with Crippen LogP contribution in [0.1, 0.15) is 33.1 Å². The summed E-state index contributed by atoms with van der Waals surface area (Å²) in [6.07, 6.45) is 8.39. The lowest BCUT2D eigenvalue weighted by molar-refractivity contribution is 0.288. The fraction of sp³-hybridized carbons (Fsp3) is 0.833. The molecule has 0 aromatic rings. The van der Waals surface area contributed by atoms with Gasteiger partial charge in [-0.05, 0) is 32.5 Å². The Morgan fingerprint density at radius 1 is 1.21 bits per heavy atom. The molecular weight excluding hydrogens is 172 g/mol. The largest absolute Gasteiger partial charge is 0.315 e. The zero-order valence-electron chi connectivity index (χ0n) is 9.68. The third kappa shape index (κ3) is 8.10. The average molecular weight is 196 g/mol. The highest BCUT2D eigenvalue weighted by molar-refractivity contribution is 4.83. The van der Waals surface area contributed by atoms with Gasteiger partial charge in [-0.3, -0.25) is 0 Å². The molecule has 0 saturated carbocycles. The first kappa shape index (κ1) is 13.5. The van der Waals surface area contributed by atoms with Crippen molar-refractivity contribution in [3.05, 3.63) is 0 Å². The van der Waals surface area contributed by atoms with Crippen LogP contribution in [0.4, 0.5) is 0 Å². The second-order valence-electron chi connectivity index (χ2n) is 3.49. The Morgan fingerprint density at radius 3 is 2.57 bits per heavy atom. The van der Waals surface area contributed by atoms with Crippen LogP contribution in [-0.2, 0) is 0 Å². The van der Waals surface area contributed by atoms with Gasteiger partial charge in [0.05, 0.1) is 0 Å². The number of likely N-dealkylation sites (N-methyl/N-ethyl adjacent to an activating group) is 1. The number of nitrogens with one attached hydrogen (secondary N) is 1. The van der Waals surface area contributed by atoms with E-state index in [9.17, 15) is 0 Å². The molecule has 2 nitrogen and oxygen atoms in total. The molecule has 0 fully saturated rings. The van der Waals surface area contributed by atoms with Crippen LogP contribution in [0.25, 0.3) is 0 Å². The minimum Gasteiger partial charge on any atom is -0.315 e. The van der Waals surface area contributed by atoms with Crippen LogP contribution in [-0.4, -0.2) is 37.6 Å². The van der Waals surface area contributed by atoms with Crippen LogP contribution in [0.2, 0.25) is 0 Å². The van der Waals surface area contributed by atoms with Gasteiger partial charge in [-0.2, -0.15) is 0 Å². The summed E-state index contributed by atoms with van der Waals surface area (Å²) in [5.74, 6) is 2.65. The van der Waals surface area contributed by atoms with Gasteiger partial charge in [0.15, 0.2) is 0 Å². The van der Waals surface area contributed by atoms with Gasteiger partial charge in [0.1, 0.15) is 0 Å². The summed E-state index contributed by atoms with van der Waals surface area (Å²) in [7, 11) is 0. The molecule has 0 amide bonds. The highest BCUT2D eigenvalue weighted by Gasteiger charge is 1.98. The van der Waals surface area contributed by atoms with Crippen LogP contribution >= 0.6 is 0 Å². The minimum absolute atomic E-state index is 0.888. The van der Waals surface area contributed by atoms with Crippen molar-refractivity contribution in [3.8, 4) is 12.3 Å². The maximum Gasteiger partial charge on any atom is 0.0107 e. The molecule has 0 aromatic heterocycles. The predicted octanol–water partition coefficient (Wildman–Crippen LogP) is 1.72. The molecule has 0 rings (SSSR count). The van der Waals surface area contributed by atoms with E-state index < -0.39 is 0 Å². The number of terminal acetylenes is 1. The summed E-state index contributed by atoms with van der Waals surface area (Å²) in [6, 6.07) is 0. The molecule has 0 spiro atoms. The lowest BCUT2D eigenvalue weighted by atomic mass is 10.3. The van der Waals surface area contributed by atoms with Gasteiger partial charge in [-0.25, -0.2) is 0 Å². The summed E-state index contributed by atoms with van der Waals surface area (Å²) in [5.41, 5.74) is 0. The fourth-order valence-electron chi connectivity index (χ4n) is 1.42. The predicted molar refractivity (Wildman–Crippen MR) is 63.3 cm³/mol. The zero-order valence-corrected chi connectivity index (χ0v) is 9.68. The number of nitrogens with zero attached hydrogens (tertiary/aromatic N) is 1. The molecule has 0 aliphatic rings. The van der Waals surface area contributed by atoms with Gasteiger partial charge in [-0.15, -0.1) is 12.3 Å². The topological polar surface area (TPSA) is 15.3 Å². The van der Waals surface area contributed by atoms with Crippen LogP contribution in [0.5, 0.6) is 0 Å². The third-order valence-corrected chi connectivity index (χ3v) is 2.27. The number of hydrogen-bond acceptors (Lipinski definition) is 2. The lowest BCUT2D eigenvalue weighted by Crippen LogP contribution is -2.32. The average Bonchev–Trinajstić information content (AvgIpc) is 2.21. The van der Waals surface area contributed by atoms with E-state index in [4.69, 9.17) is 6.42 Å². The number of rotatable bonds is 9. The molecule has 0 unspecified atom stereocenters. The van der Waals surface area contributed by atoms with E-state index in [2.05, 4.69) is 30.0 Å². The van der Waals surface area contributed by atoms with Crippen molar-refractivity contribution in [2.24, 2.45) is 0 Å². The Balaban J connectivity index is 3.20. The molecule has 0 radical (unpaired) electrons. The van der Waals surface area contributed by atoms with E-state index in [-0.39, 0.29) is 0 Å². The summed E-state index contributed by atoms with van der Waals surface area (Å²) < 4.78 is 0. The molecule has 0 bridgehead atoms. The van der Waals surface area contributed by atoms with E-state index >= 15 is 0 Å². The lowest BCUT2D eigenvalue weighted by Gasteiger charge is -2.19. The van der Waals surface area contributed by atoms with E-state index in [0.717, 1.165) is 39.0 Å². The smallest absolute Gasteiger partial charge is 0.0107 e. The van der Waals surface area contributed by atoms with E-state index in [1.807, 2.05) is 0 Å². The van der Waals surface area contributed by atoms with Crippen molar-refractivity contribution in [1.82, 2.24) is 10.2 Å². The second-order valence-corrected chi connectivity index (χ2v) is 3.49. The Labute approximate surface area is 89.1 Å². The van der Waals surface area contributed by atoms with Gasteiger partial charge in [-0.1, -0.05) is 13.8 Å². The Kier molecular flexibility index (Phi) is 10.2. The monoisotopic (exact) mass is 196 g/mol. The SMILES string of the molecule is C#CCCCNCCN(CC)CCC. The fourth-order valence-corrected chi connectivity index (χ4v) is 1.42. The number of hydrogen-bond donors (Lipinski definition) is 1. The first-order chi connectivity index (χ1) is 6.85. The highest BCUT2D eigenvalue weighted by atomic mass is 15.1. The van der Waals surface area contributed by atoms with Crippen molar-refractivity contribution >= 4 is 0 Å². The van der Waals surface area contributed by atoms with E-state index in [1.165, 1.54) is 13.0 Å². The van der Waals surface area contributed by atoms with Gasteiger partial charge in [0.2, 0.25) is 0 Å². The minimum atomic E-state index is 0.888. The van der Waals surface area contributed by atoms with Crippen molar-refractivity contribution in [2.45, 2.75) is 33.1 Å². The summed E-state index contributed by atoms with van der Waals surface area (Å²) in [4.78, 5) is 2.47. The molecular formula is C12H24N2. The zero-order chi connectivity index (χ0) is 10.6. The van der Waals surface area contributed by atoms with Crippen LogP contribution in [0.3, 0.4) is 0 Å². The summed E-state index contributed by atoms with van der Waals surface area (Å²) in [6.45, 7) is 10.1. The second kappa shape index (κ2) is 10.6. The maximum absolute atomic E-state index is 5.17. The molecule has 0 heterocycles. The third-order valence-electron chi connectivity index (χ3n) is 2.27. The molecule has 0 saturated heterocycles. The van der Waals surface area contributed by atoms with Gasteiger partial charge in [0, 0.05) is 19.5 Å². The first-order valence-corrected chi connectivity index (χ1v) is 5.71. The van der Waals surface area contributed by atoms with Gasteiger partial charge in [0.25, 0.3) is 0 Å². The summed E-state index contributed by atoms with van der Waals surface area (Å²) in [5, 5.41) is 3.41. The van der Waals surface area contributed by atoms with Gasteiger partial charge < -0.3 is 10.2 Å². The normalized spacial score (nSPS) is 10.4. The molecule has 0 aliphatic heterocycles. The molecule has 1 N–H and O–H groups in total. The molecule has 82 valence electrons. The molecule has 14 heavy (non-hydrogen) atoms. The van der Waals surface area contributed by atoms with Crippen LogP contribution in [0, 0.1) is 12.3 Å². The standard InChI is InChI=1S/C12H24N2/c1-4-7-8-9-13-10-12-14(6-3)11-5-2/h1,13H,5-12H2,2-3H3. The summed E-state index contributed by atoms with van der Waals surface area (Å²) >= 11 is 0. The molecule has 0 atom stereocenters. The Morgan fingerprint density at radius 2 is 2.00 bits per heavy atom. The van der Waals surface area contributed by atoms with E-state index in [1.54, 1.807) is 0 Å². The van der Waals surface area contributed by atoms with Gasteiger partial charge >= 0.3 is 0 Å². The van der Waals surface area contributed by atoms with Crippen molar-refractivity contribution in [3.63, 3.8) is 0 Å². The van der Waals surface area contributed by atoms with Crippen molar-refractivity contribution < 1.29 is 0 Å². The van der Waals surface area contributed by atoms with Crippen LogP contribution < -0.4 is 5.32 Å². The Hall–Kier alpha value is -0.520. The molecule has 2 heteroatoms. The van der Waals surface area contributed by atoms with Crippen molar-refractivity contribution in [2.75, 3.05) is 32.7 Å². The Bertz CT molecular complexity index is 149. The molecule has 0 aliphatic carbocycles. The quantitative estimate of drug-likeness (QED) is 0.446. The first-order valence-electron chi connectivity index (χ1n) is 5.71. The molecule has 0 aromatic carbocycles. The maximum atomic E-state index is 5.17. The van der Waals surface area contributed by atoms with Crippen LogP contribution in [0.15, 0.2) is 0 Å². The number of unbranched alkanes of at least 4 members (excludes halogenated alkanes) is 1.